The third kappa shape index (κ3) is 3.05. The predicted octanol–water partition coefficient (Wildman–Crippen LogP) is 4.50. The van der Waals surface area contributed by atoms with Crippen molar-refractivity contribution in [3.63, 3.8) is 0 Å². The molecule has 0 aromatic heterocycles. The van der Waals surface area contributed by atoms with Gasteiger partial charge in [0.2, 0.25) is 0 Å². The van der Waals surface area contributed by atoms with E-state index in [4.69, 9.17) is 15.2 Å². The zero-order chi connectivity index (χ0) is 14.7. The molecule has 0 amide bonds. The van der Waals surface area contributed by atoms with Gasteiger partial charge in [0, 0.05) is 6.07 Å². The van der Waals surface area contributed by atoms with E-state index in [0.29, 0.717) is 17.4 Å². The molecule has 0 bridgehead atoms. The number of hydrogen-bond donors (Lipinski definition) is 1. The van der Waals surface area contributed by atoms with Gasteiger partial charge in [0.25, 0.3) is 0 Å². The normalized spacial score (nSPS) is 10.7. The van der Waals surface area contributed by atoms with Crippen molar-refractivity contribution in [2.24, 2.45) is 0 Å². The Morgan fingerprint density at radius 2 is 1.75 bits per heavy atom. The van der Waals surface area contributed by atoms with E-state index < -0.39 is 0 Å². The first-order chi connectivity index (χ1) is 9.51. The van der Waals surface area contributed by atoms with Crippen LogP contribution in [0.3, 0.4) is 0 Å². The van der Waals surface area contributed by atoms with Crippen LogP contribution in [0.15, 0.2) is 36.4 Å². The number of nitrogen functional groups attached to an aromatic ring is 1. The Morgan fingerprint density at radius 3 is 2.40 bits per heavy atom. The van der Waals surface area contributed by atoms with Crippen molar-refractivity contribution in [3.8, 4) is 17.2 Å². The first-order valence-corrected chi connectivity index (χ1v) is 6.73. The molecule has 0 spiro atoms. The fourth-order valence-electron chi connectivity index (χ4n) is 2.09. The molecule has 2 aromatic rings. The lowest BCUT2D eigenvalue weighted by molar-refractivity contribution is 0.410. The Balaban J connectivity index is 2.36. The summed E-state index contributed by atoms with van der Waals surface area (Å²) in [5.41, 5.74) is 8.78. The fourth-order valence-corrected chi connectivity index (χ4v) is 2.09. The van der Waals surface area contributed by atoms with Crippen LogP contribution in [0.4, 0.5) is 5.69 Å². The summed E-state index contributed by atoms with van der Waals surface area (Å²) in [5.74, 6) is 2.64. The van der Waals surface area contributed by atoms with E-state index >= 15 is 0 Å². The molecular formula is C17H21NO2. The summed E-state index contributed by atoms with van der Waals surface area (Å²) in [6.07, 6.45) is 0. The van der Waals surface area contributed by atoms with Crippen molar-refractivity contribution >= 4 is 5.69 Å². The van der Waals surface area contributed by atoms with Gasteiger partial charge in [-0.1, -0.05) is 26.0 Å². The second-order valence-electron chi connectivity index (χ2n) is 5.20. The molecular weight excluding hydrogens is 250 g/mol. The summed E-state index contributed by atoms with van der Waals surface area (Å²) in [5, 5.41) is 0. The Morgan fingerprint density at radius 1 is 1.00 bits per heavy atom. The fraction of sp³-hybridized carbons (Fsp3) is 0.294. The summed E-state index contributed by atoms with van der Waals surface area (Å²) < 4.78 is 11.2. The van der Waals surface area contributed by atoms with E-state index in [1.54, 1.807) is 13.2 Å². The zero-order valence-electron chi connectivity index (χ0n) is 12.4. The first kappa shape index (κ1) is 14.3. The second-order valence-corrected chi connectivity index (χ2v) is 5.20. The smallest absolute Gasteiger partial charge is 0.145 e. The lowest BCUT2D eigenvalue weighted by Crippen LogP contribution is -1.96. The lowest BCUT2D eigenvalue weighted by Gasteiger charge is -2.15. The van der Waals surface area contributed by atoms with Crippen molar-refractivity contribution in [1.82, 2.24) is 0 Å². The molecule has 0 heterocycles. The van der Waals surface area contributed by atoms with Crippen molar-refractivity contribution in [2.45, 2.75) is 26.7 Å². The van der Waals surface area contributed by atoms with Crippen LogP contribution in [0, 0.1) is 6.92 Å². The topological polar surface area (TPSA) is 44.5 Å². The van der Waals surface area contributed by atoms with Crippen molar-refractivity contribution in [3.05, 3.63) is 47.5 Å². The molecule has 20 heavy (non-hydrogen) atoms. The highest BCUT2D eigenvalue weighted by Gasteiger charge is 2.10. The average molecular weight is 271 g/mol. The van der Waals surface area contributed by atoms with Gasteiger partial charge in [0.05, 0.1) is 12.8 Å². The van der Waals surface area contributed by atoms with E-state index in [9.17, 15) is 0 Å². The number of ether oxygens (including phenoxy) is 2. The highest BCUT2D eigenvalue weighted by Crippen LogP contribution is 2.34. The molecule has 2 N–H and O–H groups in total. The van der Waals surface area contributed by atoms with Gasteiger partial charge >= 0.3 is 0 Å². The van der Waals surface area contributed by atoms with Gasteiger partial charge in [-0.3, -0.25) is 0 Å². The minimum Gasteiger partial charge on any atom is -0.494 e. The maximum absolute atomic E-state index is 6.01. The predicted molar refractivity (Wildman–Crippen MR) is 82.7 cm³/mol. The van der Waals surface area contributed by atoms with Crippen LogP contribution in [-0.2, 0) is 0 Å². The van der Waals surface area contributed by atoms with Gasteiger partial charge in [-0.05, 0) is 42.2 Å². The van der Waals surface area contributed by atoms with Crippen LogP contribution in [0.5, 0.6) is 17.2 Å². The molecule has 3 nitrogen and oxygen atoms in total. The average Bonchev–Trinajstić information content (AvgIpc) is 2.40. The molecule has 0 atom stereocenters. The molecule has 106 valence electrons. The van der Waals surface area contributed by atoms with Crippen LogP contribution >= 0.6 is 0 Å². The van der Waals surface area contributed by atoms with Gasteiger partial charge in [0.15, 0.2) is 0 Å². The second kappa shape index (κ2) is 5.87. The summed E-state index contributed by atoms with van der Waals surface area (Å²) in [4.78, 5) is 0. The van der Waals surface area contributed by atoms with E-state index in [-0.39, 0.29) is 0 Å². The van der Waals surface area contributed by atoms with Crippen LogP contribution in [0.2, 0.25) is 0 Å². The Labute approximate surface area is 120 Å². The maximum atomic E-state index is 6.01. The van der Waals surface area contributed by atoms with E-state index in [1.165, 1.54) is 11.1 Å². The van der Waals surface area contributed by atoms with Gasteiger partial charge < -0.3 is 15.2 Å². The lowest BCUT2D eigenvalue weighted by atomic mass is 10.0. The molecule has 2 aromatic carbocycles. The summed E-state index contributed by atoms with van der Waals surface area (Å²) in [7, 11) is 1.60. The van der Waals surface area contributed by atoms with Crippen molar-refractivity contribution in [2.75, 3.05) is 12.8 Å². The standard InChI is InChI=1S/C17H21NO2/c1-11(2)14-7-5-12(3)9-16(14)20-13-6-8-15(18)17(10-13)19-4/h5-11H,18H2,1-4H3. The first-order valence-electron chi connectivity index (χ1n) is 6.73. The number of methoxy groups -OCH3 is 1. The molecule has 0 radical (unpaired) electrons. The number of anilines is 1. The van der Waals surface area contributed by atoms with Gasteiger partial charge in [-0.15, -0.1) is 0 Å². The molecule has 3 heteroatoms. The summed E-state index contributed by atoms with van der Waals surface area (Å²) in [6, 6.07) is 11.7. The monoisotopic (exact) mass is 271 g/mol. The van der Waals surface area contributed by atoms with Crippen molar-refractivity contribution in [1.29, 1.82) is 0 Å². The molecule has 0 fully saturated rings. The molecule has 0 aliphatic heterocycles. The third-order valence-electron chi connectivity index (χ3n) is 3.22. The van der Waals surface area contributed by atoms with E-state index in [0.717, 1.165) is 11.5 Å². The SMILES string of the molecule is COc1cc(Oc2cc(C)ccc2C(C)C)ccc1N. The van der Waals surface area contributed by atoms with Crippen LogP contribution in [-0.4, -0.2) is 7.11 Å². The molecule has 0 unspecified atom stereocenters. The van der Waals surface area contributed by atoms with Crippen LogP contribution in [0.25, 0.3) is 0 Å². The number of aryl methyl sites for hydroxylation is 1. The number of nitrogens with two attached hydrogens (primary N) is 1. The highest BCUT2D eigenvalue weighted by molar-refractivity contribution is 5.56. The zero-order valence-corrected chi connectivity index (χ0v) is 12.4. The molecule has 0 saturated heterocycles. The summed E-state index contributed by atoms with van der Waals surface area (Å²) >= 11 is 0. The van der Waals surface area contributed by atoms with Gasteiger partial charge in [-0.2, -0.15) is 0 Å². The Kier molecular flexibility index (Phi) is 4.18. The number of benzene rings is 2. The quantitative estimate of drug-likeness (QED) is 0.832. The highest BCUT2D eigenvalue weighted by atomic mass is 16.5. The Hall–Kier alpha value is -2.16. The number of hydrogen-bond acceptors (Lipinski definition) is 3. The van der Waals surface area contributed by atoms with E-state index in [2.05, 4.69) is 39.0 Å². The largest absolute Gasteiger partial charge is 0.494 e. The Bertz CT molecular complexity index is 606. The van der Waals surface area contributed by atoms with Crippen LogP contribution < -0.4 is 15.2 Å². The van der Waals surface area contributed by atoms with Gasteiger partial charge in [-0.25, -0.2) is 0 Å². The van der Waals surface area contributed by atoms with Crippen LogP contribution in [0.1, 0.15) is 30.9 Å². The minimum atomic E-state index is 0.404. The summed E-state index contributed by atoms with van der Waals surface area (Å²) in [6.45, 7) is 6.36. The number of rotatable bonds is 4. The molecule has 0 aliphatic carbocycles. The van der Waals surface area contributed by atoms with E-state index in [1.807, 2.05) is 12.1 Å². The molecule has 0 aliphatic rings. The molecule has 2 rings (SSSR count). The van der Waals surface area contributed by atoms with Gasteiger partial charge in [0.1, 0.15) is 17.2 Å². The van der Waals surface area contributed by atoms with Crippen molar-refractivity contribution < 1.29 is 9.47 Å². The molecule has 0 saturated carbocycles. The third-order valence-corrected chi connectivity index (χ3v) is 3.22. The maximum Gasteiger partial charge on any atom is 0.145 e. The minimum absolute atomic E-state index is 0.404.